The van der Waals surface area contributed by atoms with Crippen molar-refractivity contribution >= 4 is 11.6 Å². The van der Waals surface area contributed by atoms with Gasteiger partial charge in [0.25, 0.3) is 0 Å². The van der Waals surface area contributed by atoms with Crippen molar-refractivity contribution in [2.75, 3.05) is 21.3 Å². The number of pyridine rings is 1. The number of aromatic nitrogens is 2. The van der Waals surface area contributed by atoms with Gasteiger partial charge in [0, 0.05) is 12.6 Å². The summed E-state index contributed by atoms with van der Waals surface area (Å²) in [6.07, 6.45) is 1.19. The third kappa shape index (κ3) is 4.31. The Morgan fingerprint density at radius 1 is 1.03 bits per heavy atom. The van der Waals surface area contributed by atoms with E-state index >= 15 is 0 Å². The quantitative estimate of drug-likeness (QED) is 0.359. The molecule has 2 aromatic heterocycles. The molecule has 37 heavy (non-hydrogen) atoms. The molecule has 1 N–H and O–H groups in total. The number of aliphatic hydroxyl groups excluding tert-OH is 1. The molecule has 0 saturated heterocycles. The highest BCUT2D eigenvalue weighted by molar-refractivity contribution is 5.91. The van der Waals surface area contributed by atoms with E-state index in [0.717, 1.165) is 16.8 Å². The average Bonchev–Trinajstić information content (AvgIpc) is 3.43. The topological polar surface area (TPSA) is 101 Å². The maximum Gasteiger partial charge on any atom is 0.338 e. The van der Waals surface area contributed by atoms with Crippen molar-refractivity contribution in [1.82, 2.24) is 9.38 Å². The van der Waals surface area contributed by atoms with Crippen LogP contribution in [0.15, 0.2) is 54.7 Å². The predicted molar refractivity (Wildman–Crippen MR) is 135 cm³/mol. The molecular weight excluding hydrogens is 476 g/mol. The predicted octanol–water partition coefficient (Wildman–Crippen LogP) is 4.06. The second-order valence-electron chi connectivity index (χ2n) is 8.67. The number of methoxy groups -OCH3 is 3. The summed E-state index contributed by atoms with van der Waals surface area (Å²) in [7, 11) is 4.48. The summed E-state index contributed by atoms with van der Waals surface area (Å²) in [5.41, 5.74) is 4.25. The lowest BCUT2D eigenvalue weighted by Crippen LogP contribution is -2.26. The second-order valence-corrected chi connectivity index (χ2v) is 8.67. The van der Waals surface area contributed by atoms with Crippen molar-refractivity contribution in [2.45, 2.75) is 32.2 Å². The first-order chi connectivity index (χ1) is 18.0. The number of hydrogen-bond donors (Lipinski definition) is 1. The van der Waals surface area contributed by atoms with E-state index in [2.05, 4.69) is 4.98 Å². The first kappa shape index (κ1) is 24.5. The fraction of sp³-hybridized carbons (Fsp3) is 0.286. The zero-order chi connectivity index (χ0) is 26.1. The smallest absolute Gasteiger partial charge is 0.338 e. The molecule has 0 aliphatic heterocycles. The van der Waals surface area contributed by atoms with Gasteiger partial charge in [-0.3, -0.25) is 4.40 Å². The van der Waals surface area contributed by atoms with Crippen LogP contribution in [-0.2, 0) is 17.8 Å². The van der Waals surface area contributed by atoms with E-state index in [0.29, 0.717) is 40.8 Å². The highest BCUT2D eigenvalue weighted by atomic mass is 16.6. The number of aliphatic hydroxyl groups is 1. The molecular formula is C28H28N2O7. The van der Waals surface area contributed by atoms with Crippen LogP contribution in [0, 0.1) is 6.92 Å². The number of ether oxygens (including phenoxy) is 5. The van der Waals surface area contributed by atoms with Crippen LogP contribution in [0.2, 0.25) is 0 Å². The SMILES string of the molecule is COc1cc(C(=O)OC2Cc3ccccc3C2Oc2cccn3c(CO)c(C)nc23)cc(OC)c1OC. The number of fused-ring (bicyclic) bond motifs is 2. The number of rotatable bonds is 8. The van der Waals surface area contributed by atoms with Crippen molar-refractivity contribution in [3.63, 3.8) is 0 Å². The molecule has 2 unspecified atom stereocenters. The molecule has 192 valence electrons. The maximum absolute atomic E-state index is 13.3. The summed E-state index contributed by atoms with van der Waals surface area (Å²) in [6.45, 7) is 1.70. The number of esters is 1. The molecule has 4 aromatic rings. The second kappa shape index (κ2) is 10.0. The highest BCUT2D eigenvalue weighted by Gasteiger charge is 2.38. The van der Waals surface area contributed by atoms with E-state index in [1.807, 2.05) is 53.9 Å². The average molecular weight is 505 g/mol. The van der Waals surface area contributed by atoms with Crippen LogP contribution in [0.5, 0.6) is 23.0 Å². The van der Waals surface area contributed by atoms with E-state index in [9.17, 15) is 9.90 Å². The molecule has 9 nitrogen and oxygen atoms in total. The maximum atomic E-state index is 13.3. The van der Waals surface area contributed by atoms with E-state index < -0.39 is 18.2 Å². The van der Waals surface area contributed by atoms with Crippen molar-refractivity contribution in [3.8, 4) is 23.0 Å². The minimum Gasteiger partial charge on any atom is -0.493 e. The van der Waals surface area contributed by atoms with Gasteiger partial charge in [-0.05, 0) is 42.3 Å². The minimum absolute atomic E-state index is 0.141. The number of aryl methyl sites for hydroxylation is 1. The number of hydrogen-bond acceptors (Lipinski definition) is 8. The van der Waals surface area contributed by atoms with E-state index in [4.69, 9.17) is 23.7 Å². The van der Waals surface area contributed by atoms with Crippen molar-refractivity contribution in [3.05, 3.63) is 82.8 Å². The Morgan fingerprint density at radius 3 is 2.43 bits per heavy atom. The van der Waals surface area contributed by atoms with Gasteiger partial charge in [-0.25, -0.2) is 9.78 Å². The van der Waals surface area contributed by atoms with E-state index in [1.54, 1.807) is 12.1 Å². The van der Waals surface area contributed by atoms with Crippen LogP contribution in [0.25, 0.3) is 5.65 Å². The molecule has 0 saturated carbocycles. The van der Waals surface area contributed by atoms with Gasteiger partial charge < -0.3 is 28.8 Å². The van der Waals surface area contributed by atoms with Crippen LogP contribution < -0.4 is 18.9 Å². The zero-order valence-electron chi connectivity index (χ0n) is 21.1. The molecule has 9 heteroatoms. The number of carbonyl (C=O) groups excluding carboxylic acids is 1. The van der Waals surface area contributed by atoms with Crippen molar-refractivity contribution in [2.24, 2.45) is 0 Å². The normalized spacial score (nSPS) is 16.4. The largest absolute Gasteiger partial charge is 0.493 e. The monoisotopic (exact) mass is 504 g/mol. The zero-order valence-corrected chi connectivity index (χ0v) is 21.1. The fourth-order valence-electron chi connectivity index (χ4n) is 4.79. The van der Waals surface area contributed by atoms with E-state index in [-0.39, 0.29) is 12.2 Å². The Labute approximate surface area is 214 Å². The number of imidazole rings is 1. The summed E-state index contributed by atoms with van der Waals surface area (Å²) in [6, 6.07) is 14.6. The first-order valence-corrected chi connectivity index (χ1v) is 11.8. The lowest BCUT2D eigenvalue weighted by atomic mass is 10.1. The molecule has 0 fully saturated rings. The summed E-state index contributed by atoms with van der Waals surface area (Å²) >= 11 is 0. The number of benzene rings is 2. The Balaban J connectivity index is 1.48. The lowest BCUT2D eigenvalue weighted by Gasteiger charge is -2.23. The van der Waals surface area contributed by atoms with Gasteiger partial charge >= 0.3 is 5.97 Å². The Bertz CT molecular complexity index is 1440. The van der Waals surface area contributed by atoms with Gasteiger partial charge in [0.05, 0.1) is 44.9 Å². The summed E-state index contributed by atoms with van der Waals surface area (Å²) < 4.78 is 30.5. The van der Waals surface area contributed by atoms with Crippen LogP contribution in [-0.4, -0.2) is 47.9 Å². The highest BCUT2D eigenvalue weighted by Crippen LogP contribution is 2.41. The molecule has 2 atom stereocenters. The van der Waals surface area contributed by atoms with Gasteiger partial charge in [0.2, 0.25) is 5.75 Å². The van der Waals surface area contributed by atoms with Crippen molar-refractivity contribution < 1.29 is 33.6 Å². The molecule has 0 spiro atoms. The Kier molecular flexibility index (Phi) is 6.62. The lowest BCUT2D eigenvalue weighted by molar-refractivity contribution is -0.00291. The molecule has 1 aliphatic rings. The molecule has 0 radical (unpaired) electrons. The molecule has 2 heterocycles. The number of carbonyl (C=O) groups is 1. The van der Waals surface area contributed by atoms with Crippen LogP contribution in [0.3, 0.4) is 0 Å². The van der Waals surface area contributed by atoms with Crippen LogP contribution in [0.4, 0.5) is 0 Å². The standard InChI is InChI=1S/C28H28N2O7/c1-16-20(15-31)30-11-7-10-21(27(30)29-16)36-25-19-9-6-5-8-17(19)12-24(25)37-28(32)18-13-22(33-2)26(35-4)23(14-18)34-3/h5-11,13-14,24-25,31H,12,15H2,1-4H3. The summed E-state index contributed by atoms with van der Waals surface area (Å²) in [5, 5.41) is 9.78. The van der Waals surface area contributed by atoms with E-state index in [1.165, 1.54) is 21.3 Å². The van der Waals surface area contributed by atoms with Gasteiger partial charge in [-0.15, -0.1) is 0 Å². The van der Waals surface area contributed by atoms with Gasteiger partial charge in [-0.1, -0.05) is 24.3 Å². The molecule has 5 rings (SSSR count). The molecule has 0 bridgehead atoms. The fourth-order valence-corrected chi connectivity index (χ4v) is 4.79. The third-order valence-corrected chi connectivity index (χ3v) is 6.60. The van der Waals surface area contributed by atoms with Gasteiger partial charge in [0.15, 0.2) is 29.0 Å². The third-order valence-electron chi connectivity index (χ3n) is 6.60. The molecule has 0 amide bonds. The molecule has 2 aromatic carbocycles. The van der Waals surface area contributed by atoms with Gasteiger partial charge in [-0.2, -0.15) is 0 Å². The van der Waals surface area contributed by atoms with Crippen LogP contribution >= 0.6 is 0 Å². The first-order valence-electron chi connectivity index (χ1n) is 11.8. The van der Waals surface area contributed by atoms with Gasteiger partial charge in [0.1, 0.15) is 6.10 Å². The Hall–Kier alpha value is -4.24. The Morgan fingerprint density at radius 2 is 1.76 bits per heavy atom. The van der Waals surface area contributed by atoms with Crippen LogP contribution in [0.1, 0.15) is 39.0 Å². The minimum atomic E-state index is -0.586. The number of nitrogens with zero attached hydrogens (tertiary/aromatic N) is 2. The summed E-state index contributed by atoms with van der Waals surface area (Å²) in [4.78, 5) is 17.9. The summed E-state index contributed by atoms with van der Waals surface area (Å²) in [5.74, 6) is 1.10. The van der Waals surface area contributed by atoms with Crippen molar-refractivity contribution in [1.29, 1.82) is 0 Å². The molecule has 1 aliphatic carbocycles.